The molecule has 0 aromatic heterocycles. The van der Waals surface area contributed by atoms with Crippen molar-refractivity contribution in [2.45, 2.75) is 19.3 Å². The molecule has 1 rings (SSSR count). The number of thioether (sulfide) groups is 1. The van der Waals surface area contributed by atoms with Crippen LogP contribution in [0.15, 0.2) is 0 Å². The highest BCUT2D eigenvalue weighted by Crippen LogP contribution is 2.41. The summed E-state index contributed by atoms with van der Waals surface area (Å²) in [6.07, 6.45) is 6.29. The van der Waals surface area contributed by atoms with Gasteiger partial charge in [0.25, 0.3) is 0 Å². The molecule has 1 aliphatic rings. The second kappa shape index (κ2) is 2.93. The fraction of sp³-hybridized carbons (Fsp3) is 1.00. The van der Waals surface area contributed by atoms with Crippen LogP contribution in [0.5, 0.6) is 0 Å². The normalized spacial score (nSPS) is 23.3. The SMILES string of the molecule is CSCC1(CN)CCC1. The molecular formula is C7H15NS. The molecule has 0 amide bonds. The van der Waals surface area contributed by atoms with E-state index in [1.165, 1.54) is 25.0 Å². The standard InChI is InChI=1S/C7H15NS/c1-9-6-7(5-8)3-2-4-7/h2-6,8H2,1H3. The average molecular weight is 145 g/mol. The second-order valence-corrected chi connectivity index (χ2v) is 3.86. The molecule has 1 fully saturated rings. The Hall–Kier alpha value is 0.310. The minimum Gasteiger partial charge on any atom is -0.330 e. The predicted molar refractivity (Wildman–Crippen MR) is 43.7 cm³/mol. The van der Waals surface area contributed by atoms with Crippen molar-refractivity contribution in [3.05, 3.63) is 0 Å². The van der Waals surface area contributed by atoms with Crippen LogP contribution in [-0.2, 0) is 0 Å². The summed E-state index contributed by atoms with van der Waals surface area (Å²) in [5, 5.41) is 0. The smallest absolute Gasteiger partial charge is 0.000151 e. The molecule has 0 heterocycles. The summed E-state index contributed by atoms with van der Waals surface area (Å²) in [7, 11) is 0. The highest BCUT2D eigenvalue weighted by Gasteiger charge is 2.34. The molecule has 0 aromatic rings. The van der Waals surface area contributed by atoms with Crippen LogP contribution >= 0.6 is 11.8 Å². The molecule has 0 atom stereocenters. The van der Waals surface area contributed by atoms with Gasteiger partial charge in [0, 0.05) is 0 Å². The van der Waals surface area contributed by atoms with E-state index in [4.69, 9.17) is 5.73 Å². The summed E-state index contributed by atoms with van der Waals surface area (Å²) in [5.74, 6) is 1.27. The Kier molecular flexibility index (Phi) is 2.42. The molecule has 0 saturated heterocycles. The van der Waals surface area contributed by atoms with Crippen LogP contribution in [0.2, 0.25) is 0 Å². The molecule has 2 heteroatoms. The summed E-state index contributed by atoms with van der Waals surface area (Å²) in [6, 6.07) is 0. The van der Waals surface area contributed by atoms with Gasteiger partial charge in [0.05, 0.1) is 0 Å². The van der Waals surface area contributed by atoms with Crippen LogP contribution in [0.1, 0.15) is 19.3 Å². The van der Waals surface area contributed by atoms with E-state index in [1.54, 1.807) is 0 Å². The molecule has 1 saturated carbocycles. The first-order chi connectivity index (χ1) is 4.33. The van der Waals surface area contributed by atoms with Gasteiger partial charge < -0.3 is 5.73 Å². The zero-order chi connectivity index (χ0) is 6.74. The van der Waals surface area contributed by atoms with Gasteiger partial charge in [0.15, 0.2) is 0 Å². The van der Waals surface area contributed by atoms with Crippen LogP contribution in [0, 0.1) is 5.41 Å². The van der Waals surface area contributed by atoms with E-state index in [9.17, 15) is 0 Å². The molecular weight excluding hydrogens is 130 g/mol. The van der Waals surface area contributed by atoms with Crippen molar-refractivity contribution >= 4 is 11.8 Å². The fourth-order valence-corrected chi connectivity index (χ4v) is 2.41. The number of nitrogens with two attached hydrogens (primary N) is 1. The van der Waals surface area contributed by atoms with Gasteiger partial charge in [-0.2, -0.15) is 11.8 Å². The van der Waals surface area contributed by atoms with Crippen LogP contribution in [0.25, 0.3) is 0 Å². The first kappa shape index (κ1) is 7.42. The molecule has 0 aromatic carbocycles. The van der Waals surface area contributed by atoms with E-state index in [2.05, 4.69) is 6.26 Å². The second-order valence-electron chi connectivity index (χ2n) is 2.99. The Morgan fingerprint density at radius 1 is 1.56 bits per heavy atom. The molecule has 1 aliphatic carbocycles. The minimum atomic E-state index is 0.555. The molecule has 0 aliphatic heterocycles. The van der Waals surface area contributed by atoms with Crippen LogP contribution in [-0.4, -0.2) is 18.6 Å². The monoisotopic (exact) mass is 145 g/mol. The van der Waals surface area contributed by atoms with Gasteiger partial charge in [-0.25, -0.2) is 0 Å². The molecule has 1 nitrogen and oxygen atoms in total. The van der Waals surface area contributed by atoms with Gasteiger partial charge in [0.2, 0.25) is 0 Å². The maximum atomic E-state index is 5.64. The Labute approximate surface area is 61.4 Å². The highest BCUT2D eigenvalue weighted by molar-refractivity contribution is 7.98. The van der Waals surface area contributed by atoms with Gasteiger partial charge in [0.1, 0.15) is 0 Å². The van der Waals surface area contributed by atoms with Gasteiger partial charge in [-0.05, 0) is 36.8 Å². The lowest BCUT2D eigenvalue weighted by molar-refractivity contribution is 0.180. The highest BCUT2D eigenvalue weighted by atomic mass is 32.2. The quantitative estimate of drug-likeness (QED) is 0.651. The van der Waals surface area contributed by atoms with E-state index in [1.807, 2.05) is 11.8 Å². The maximum absolute atomic E-state index is 5.64. The van der Waals surface area contributed by atoms with E-state index in [-0.39, 0.29) is 0 Å². The number of rotatable bonds is 3. The fourth-order valence-electron chi connectivity index (χ4n) is 1.39. The first-order valence-electron chi connectivity index (χ1n) is 3.52. The van der Waals surface area contributed by atoms with Crippen molar-refractivity contribution in [3.8, 4) is 0 Å². The third kappa shape index (κ3) is 1.41. The van der Waals surface area contributed by atoms with Gasteiger partial charge in [-0.15, -0.1) is 0 Å². The number of hydrogen-bond donors (Lipinski definition) is 1. The van der Waals surface area contributed by atoms with Crippen molar-refractivity contribution < 1.29 is 0 Å². The molecule has 0 radical (unpaired) electrons. The predicted octanol–water partition coefficient (Wildman–Crippen LogP) is 1.48. The van der Waals surface area contributed by atoms with Crippen LogP contribution in [0.4, 0.5) is 0 Å². The third-order valence-corrected chi connectivity index (χ3v) is 3.20. The topological polar surface area (TPSA) is 26.0 Å². The Balaban J connectivity index is 2.28. The van der Waals surface area contributed by atoms with Crippen molar-refractivity contribution in [1.29, 1.82) is 0 Å². The molecule has 0 bridgehead atoms. The molecule has 2 N–H and O–H groups in total. The van der Waals surface area contributed by atoms with E-state index < -0.39 is 0 Å². The first-order valence-corrected chi connectivity index (χ1v) is 4.91. The summed E-state index contributed by atoms with van der Waals surface area (Å²) in [6.45, 7) is 0.897. The largest absolute Gasteiger partial charge is 0.330 e. The van der Waals surface area contributed by atoms with E-state index in [0.29, 0.717) is 5.41 Å². The van der Waals surface area contributed by atoms with Crippen molar-refractivity contribution in [2.75, 3.05) is 18.6 Å². The lowest BCUT2D eigenvalue weighted by Gasteiger charge is -2.40. The maximum Gasteiger partial charge on any atom is -0.000151 e. The zero-order valence-corrected chi connectivity index (χ0v) is 6.84. The van der Waals surface area contributed by atoms with E-state index in [0.717, 1.165) is 6.54 Å². The summed E-state index contributed by atoms with van der Waals surface area (Å²) < 4.78 is 0. The Morgan fingerprint density at radius 3 is 2.33 bits per heavy atom. The van der Waals surface area contributed by atoms with Crippen molar-refractivity contribution in [1.82, 2.24) is 0 Å². The Morgan fingerprint density at radius 2 is 2.22 bits per heavy atom. The summed E-state index contributed by atoms with van der Waals surface area (Å²) >= 11 is 1.93. The zero-order valence-electron chi connectivity index (χ0n) is 6.02. The molecule has 0 spiro atoms. The van der Waals surface area contributed by atoms with Crippen LogP contribution in [0.3, 0.4) is 0 Å². The molecule has 9 heavy (non-hydrogen) atoms. The van der Waals surface area contributed by atoms with Gasteiger partial charge in [-0.3, -0.25) is 0 Å². The lowest BCUT2D eigenvalue weighted by atomic mass is 9.70. The number of hydrogen-bond acceptors (Lipinski definition) is 2. The average Bonchev–Trinajstić information content (AvgIpc) is 1.79. The molecule has 0 unspecified atom stereocenters. The van der Waals surface area contributed by atoms with Crippen LogP contribution < -0.4 is 5.73 Å². The van der Waals surface area contributed by atoms with Crippen molar-refractivity contribution in [3.63, 3.8) is 0 Å². The van der Waals surface area contributed by atoms with E-state index >= 15 is 0 Å². The Bertz CT molecular complexity index is 83.4. The van der Waals surface area contributed by atoms with Crippen molar-refractivity contribution in [2.24, 2.45) is 11.1 Å². The summed E-state index contributed by atoms with van der Waals surface area (Å²) in [5.41, 5.74) is 6.20. The minimum absolute atomic E-state index is 0.555. The lowest BCUT2D eigenvalue weighted by Crippen LogP contribution is -2.39. The van der Waals surface area contributed by atoms with Gasteiger partial charge >= 0.3 is 0 Å². The van der Waals surface area contributed by atoms with Gasteiger partial charge in [-0.1, -0.05) is 6.42 Å². The molecule has 54 valence electrons. The summed E-state index contributed by atoms with van der Waals surface area (Å²) in [4.78, 5) is 0. The third-order valence-electron chi connectivity index (χ3n) is 2.30.